The van der Waals surface area contributed by atoms with Gasteiger partial charge in [0, 0.05) is 11.8 Å². The van der Waals surface area contributed by atoms with Gasteiger partial charge in [-0.1, -0.05) is 17.2 Å². The van der Waals surface area contributed by atoms with Crippen LogP contribution in [0.3, 0.4) is 0 Å². The Bertz CT molecular complexity index is 759. The van der Waals surface area contributed by atoms with Gasteiger partial charge in [-0.3, -0.25) is 9.59 Å². The van der Waals surface area contributed by atoms with Gasteiger partial charge >= 0.3 is 6.18 Å². The second kappa shape index (κ2) is 5.67. The van der Waals surface area contributed by atoms with Gasteiger partial charge in [0.1, 0.15) is 5.69 Å². The number of pyridine rings is 1. The molecule has 0 atom stereocenters. The van der Waals surface area contributed by atoms with Crippen LogP contribution in [0, 0.1) is 13.8 Å². The molecule has 1 amide bonds. The summed E-state index contributed by atoms with van der Waals surface area (Å²) in [6, 6.07) is 5.64. The predicted octanol–water partition coefficient (Wildman–Crippen LogP) is 3.26. The molecule has 0 bridgehead atoms. The third-order valence-corrected chi connectivity index (χ3v) is 2.96. The minimum atomic E-state index is -4.61. The van der Waals surface area contributed by atoms with Crippen molar-refractivity contribution in [1.82, 2.24) is 4.98 Å². The van der Waals surface area contributed by atoms with Crippen LogP contribution in [0.25, 0.3) is 0 Å². The molecule has 0 aliphatic carbocycles. The van der Waals surface area contributed by atoms with Crippen LogP contribution in [-0.4, -0.2) is 10.9 Å². The Balaban J connectivity index is 2.34. The number of halogens is 3. The maximum Gasteiger partial charge on any atom is 0.417 e. The summed E-state index contributed by atoms with van der Waals surface area (Å²) in [6.07, 6.45) is -4.04. The van der Waals surface area contributed by atoms with E-state index in [2.05, 4.69) is 5.32 Å². The molecule has 1 heterocycles. The number of anilines is 1. The summed E-state index contributed by atoms with van der Waals surface area (Å²) in [5, 5.41) is 2.21. The summed E-state index contributed by atoms with van der Waals surface area (Å²) < 4.78 is 37.9. The molecule has 1 aromatic carbocycles. The van der Waals surface area contributed by atoms with E-state index in [4.69, 9.17) is 0 Å². The van der Waals surface area contributed by atoms with E-state index in [1.807, 2.05) is 11.1 Å². The minimum Gasteiger partial charge on any atom is -0.327 e. The lowest BCUT2D eigenvalue weighted by Gasteiger charge is -2.10. The summed E-state index contributed by atoms with van der Waals surface area (Å²) in [4.78, 5) is 25.6. The van der Waals surface area contributed by atoms with Crippen molar-refractivity contribution in [2.24, 2.45) is 0 Å². The number of aryl methyl sites for hydroxylation is 2. The van der Waals surface area contributed by atoms with Crippen molar-refractivity contribution in [1.29, 1.82) is 0 Å². The fourth-order valence-electron chi connectivity index (χ4n) is 2.04. The highest BCUT2D eigenvalue weighted by Gasteiger charge is 2.31. The Labute approximate surface area is 124 Å². The maximum absolute atomic E-state index is 12.6. The number of hydrogen-bond donors (Lipinski definition) is 2. The largest absolute Gasteiger partial charge is 0.417 e. The van der Waals surface area contributed by atoms with E-state index in [-0.39, 0.29) is 5.56 Å². The lowest BCUT2D eigenvalue weighted by molar-refractivity contribution is -0.137. The molecule has 0 aliphatic rings. The molecular formula is C15H13F3N2O2. The normalized spacial score (nSPS) is 11.3. The first-order chi connectivity index (χ1) is 10.2. The van der Waals surface area contributed by atoms with Gasteiger partial charge in [0.05, 0.1) is 5.56 Å². The Morgan fingerprint density at radius 1 is 1.09 bits per heavy atom. The zero-order valence-corrected chi connectivity index (χ0v) is 11.8. The van der Waals surface area contributed by atoms with Gasteiger partial charge in [0.25, 0.3) is 11.5 Å². The van der Waals surface area contributed by atoms with Crippen LogP contribution in [0.4, 0.5) is 18.9 Å². The second-order valence-corrected chi connectivity index (χ2v) is 4.96. The zero-order chi connectivity index (χ0) is 16.5. The molecule has 22 heavy (non-hydrogen) atoms. The number of carbonyl (C=O) groups is 1. The number of amides is 1. The Kier molecular flexibility index (Phi) is 4.07. The maximum atomic E-state index is 12.6. The quantitative estimate of drug-likeness (QED) is 0.894. The summed E-state index contributed by atoms with van der Waals surface area (Å²) >= 11 is 0. The van der Waals surface area contributed by atoms with E-state index in [9.17, 15) is 22.8 Å². The van der Waals surface area contributed by atoms with Crippen molar-refractivity contribution in [3.8, 4) is 0 Å². The van der Waals surface area contributed by atoms with Crippen molar-refractivity contribution in [3.05, 3.63) is 63.1 Å². The standard InChI is InChI=1S/C15H13F3N2O2/c1-8-3-9(2)5-10(4-8)13(21)20-12-6-11(15(16,17)18)7-19-14(12)22/h3-7H,1-2H3,(H,19,22)(H,20,21). The van der Waals surface area contributed by atoms with Crippen molar-refractivity contribution in [2.75, 3.05) is 5.32 Å². The molecule has 0 spiro atoms. The molecule has 0 radical (unpaired) electrons. The Morgan fingerprint density at radius 2 is 1.68 bits per heavy atom. The molecule has 0 fully saturated rings. The van der Waals surface area contributed by atoms with Crippen LogP contribution >= 0.6 is 0 Å². The minimum absolute atomic E-state index is 0.273. The van der Waals surface area contributed by atoms with E-state index < -0.39 is 28.9 Å². The molecule has 0 unspecified atom stereocenters. The van der Waals surface area contributed by atoms with Gasteiger partial charge in [0.15, 0.2) is 0 Å². The number of nitrogens with one attached hydrogen (secondary N) is 2. The van der Waals surface area contributed by atoms with Gasteiger partial charge in [-0.05, 0) is 32.0 Å². The van der Waals surface area contributed by atoms with Gasteiger partial charge in [-0.15, -0.1) is 0 Å². The number of aromatic nitrogens is 1. The fraction of sp³-hybridized carbons (Fsp3) is 0.200. The molecule has 0 saturated heterocycles. The Morgan fingerprint density at radius 3 is 2.23 bits per heavy atom. The summed E-state index contributed by atoms with van der Waals surface area (Å²) in [6.45, 7) is 3.59. The molecule has 0 aliphatic heterocycles. The summed E-state index contributed by atoms with van der Waals surface area (Å²) in [7, 11) is 0. The molecular weight excluding hydrogens is 297 g/mol. The van der Waals surface area contributed by atoms with E-state index >= 15 is 0 Å². The smallest absolute Gasteiger partial charge is 0.327 e. The number of H-pyrrole nitrogens is 1. The monoisotopic (exact) mass is 310 g/mol. The predicted molar refractivity (Wildman–Crippen MR) is 75.9 cm³/mol. The average Bonchev–Trinajstić information content (AvgIpc) is 2.38. The van der Waals surface area contributed by atoms with Crippen LogP contribution in [0.15, 0.2) is 35.3 Å². The third kappa shape index (κ3) is 3.55. The van der Waals surface area contributed by atoms with E-state index in [1.54, 1.807) is 26.0 Å². The molecule has 4 nitrogen and oxygen atoms in total. The second-order valence-electron chi connectivity index (χ2n) is 4.96. The highest BCUT2D eigenvalue weighted by atomic mass is 19.4. The zero-order valence-electron chi connectivity index (χ0n) is 11.8. The third-order valence-electron chi connectivity index (χ3n) is 2.96. The van der Waals surface area contributed by atoms with Crippen LogP contribution in [0.1, 0.15) is 27.0 Å². The topological polar surface area (TPSA) is 62.0 Å². The number of alkyl halides is 3. The van der Waals surface area contributed by atoms with E-state index in [0.717, 1.165) is 11.1 Å². The van der Waals surface area contributed by atoms with Crippen molar-refractivity contribution in [2.45, 2.75) is 20.0 Å². The lowest BCUT2D eigenvalue weighted by atomic mass is 10.1. The number of carbonyl (C=O) groups excluding carboxylic acids is 1. The molecule has 2 aromatic rings. The van der Waals surface area contributed by atoms with Gasteiger partial charge in [-0.2, -0.15) is 13.2 Å². The van der Waals surface area contributed by atoms with Gasteiger partial charge in [-0.25, -0.2) is 0 Å². The molecule has 7 heteroatoms. The van der Waals surface area contributed by atoms with Crippen LogP contribution < -0.4 is 10.9 Å². The number of rotatable bonds is 2. The summed E-state index contributed by atoms with van der Waals surface area (Å²) in [5.74, 6) is -0.642. The van der Waals surface area contributed by atoms with Gasteiger partial charge < -0.3 is 10.3 Å². The average molecular weight is 310 g/mol. The van der Waals surface area contributed by atoms with Crippen LogP contribution in [-0.2, 0) is 6.18 Å². The molecule has 2 rings (SSSR count). The highest BCUT2D eigenvalue weighted by Crippen LogP contribution is 2.29. The van der Waals surface area contributed by atoms with Crippen molar-refractivity contribution in [3.63, 3.8) is 0 Å². The molecule has 0 saturated carbocycles. The summed E-state index contributed by atoms with van der Waals surface area (Å²) in [5.41, 5.74) is -0.340. The fourth-order valence-corrected chi connectivity index (χ4v) is 2.04. The first-order valence-corrected chi connectivity index (χ1v) is 6.36. The highest BCUT2D eigenvalue weighted by molar-refractivity contribution is 6.04. The first kappa shape index (κ1) is 15.8. The van der Waals surface area contributed by atoms with E-state index in [1.165, 1.54) is 0 Å². The molecule has 1 aromatic heterocycles. The number of benzene rings is 1. The SMILES string of the molecule is Cc1cc(C)cc(C(=O)Nc2cc(C(F)(F)F)c[nH]c2=O)c1. The van der Waals surface area contributed by atoms with Gasteiger partial charge in [0.2, 0.25) is 0 Å². The van der Waals surface area contributed by atoms with Crippen molar-refractivity contribution >= 4 is 11.6 Å². The van der Waals surface area contributed by atoms with E-state index in [0.29, 0.717) is 12.3 Å². The van der Waals surface area contributed by atoms with Crippen LogP contribution in [0.2, 0.25) is 0 Å². The lowest BCUT2D eigenvalue weighted by Crippen LogP contribution is -2.21. The molecule has 2 N–H and O–H groups in total. The number of aromatic amines is 1. The van der Waals surface area contributed by atoms with Crippen LogP contribution in [0.5, 0.6) is 0 Å². The van der Waals surface area contributed by atoms with Crippen molar-refractivity contribution < 1.29 is 18.0 Å². The Hall–Kier alpha value is -2.57. The number of hydrogen-bond acceptors (Lipinski definition) is 2. The first-order valence-electron chi connectivity index (χ1n) is 6.36. The molecule has 116 valence electrons.